The van der Waals surface area contributed by atoms with Gasteiger partial charge in [-0.25, -0.2) is 12.7 Å². The molecule has 0 aliphatic heterocycles. The smallest absolute Gasteiger partial charge is 0.266 e. The first-order valence-corrected chi connectivity index (χ1v) is 7.73. The quantitative estimate of drug-likeness (QED) is 0.674. The molecule has 1 N–H and O–H groups in total. The van der Waals surface area contributed by atoms with Crippen LogP contribution in [0.15, 0.2) is 0 Å². The molecule has 1 atom stereocenters. The van der Waals surface area contributed by atoms with Crippen LogP contribution in [0.2, 0.25) is 0 Å². The van der Waals surface area contributed by atoms with Gasteiger partial charge in [0, 0.05) is 13.1 Å². The Morgan fingerprint density at radius 2 is 1.73 bits per heavy atom. The topological polar surface area (TPSA) is 91.8 Å². The molecule has 0 saturated carbocycles. The van der Waals surface area contributed by atoms with Crippen molar-refractivity contribution in [3.8, 4) is 0 Å². The monoisotopic (exact) mass is 259 g/mol. The van der Waals surface area contributed by atoms with Gasteiger partial charge in [0.25, 0.3) is 10.1 Å². The molecule has 0 rings (SSSR count). The van der Waals surface area contributed by atoms with E-state index in [4.69, 9.17) is 4.55 Å². The van der Waals surface area contributed by atoms with Crippen LogP contribution in [-0.4, -0.2) is 50.3 Å². The van der Waals surface area contributed by atoms with Crippen molar-refractivity contribution in [2.24, 2.45) is 0 Å². The van der Waals surface area contributed by atoms with Gasteiger partial charge in [-0.15, -0.1) is 0 Å². The third-order valence-corrected chi connectivity index (χ3v) is 5.04. The van der Waals surface area contributed by atoms with Crippen LogP contribution in [0.1, 0.15) is 20.3 Å². The summed E-state index contributed by atoms with van der Waals surface area (Å²) in [4.78, 5) is 0. The van der Waals surface area contributed by atoms with E-state index in [0.29, 0.717) is 6.42 Å². The van der Waals surface area contributed by atoms with E-state index in [1.54, 1.807) is 6.92 Å². The Balaban J connectivity index is 4.65. The highest BCUT2D eigenvalue weighted by Gasteiger charge is 2.25. The molecule has 0 saturated heterocycles. The Kier molecular flexibility index (Phi) is 5.18. The van der Waals surface area contributed by atoms with Crippen molar-refractivity contribution in [1.29, 1.82) is 0 Å². The van der Waals surface area contributed by atoms with Gasteiger partial charge >= 0.3 is 0 Å². The molecule has 0 spiro atoms. The lowest BCUT2D eigenvalue weighted by molar-refractivity contribution is 0.398. The molecule has 0 aromatic carbocycles. The first-order chi connectivity index (χ1) is 6.60. The third-order valence-electron chi connectivity index (χ3n) is 1.97. The Morgan fingerprint density at radius 1 is 1.27 bits per heavy atom. The Bertz CT molecular complexity index is 386. The summed E-state index contributed by atoms with van der Waals surface area (Å²) < 4.78 is 53.7. The highest BCUT2D eigenvalue weighted by molar-refractivity contribution is 7.89. The molecule has 0 aromatic rings. The molecule has 0 aromatic heterocycles. The van der Waals surface area contributed by atoms with E-state index in [0.717, 1.165) is 4.31 Å². The van der Waals surface area contributed by atoms with Gasteiger partial charge in [0.1, 0.15) is 0 Å². The number of hydrogen-bond donors (Lipinski definition) is 1. The Labute approximate surface area is 91.1 Å². The molecule has 0 bridgehead atoms. The van der Waals surface area contributed by atoms with Crippen molar-refractivity contribution in [3.05, 3.63) is 0 Å². The van der Waals surface area contributed by atoms with Crippen LogP contribution in [-0.2, 0) is 20.1 Å². The summed E-state index contributed by atoms with van der Waals surface area (Å²) in [6.07, 6.45) is 0.464. The van der Waals surface area contributed by atoms with E-state index in [2.05, 4.69) is 0 Å². The fourth-order valence-corrected chi connectivity index (χ4v) is 3.44. The predicted octanol–water partition coefficient (Wildman–Crippen LogP) is -0.0657. The van der Waals surface area contributed by atoms with Crippen LogP contribution in [0.5, 0.6) is 0 Å². The van der Waals surface area contributed by atoms with Gasteiger partial charge in [0.15, 0.2) is 0 Å². The zero-order valence-electron chi connectivity index (χ0n) is 9.04. The van der Waals surface area contributed by atoms with Gasteiger partial charge in [0.05, 0.1) is 11.5 Å². The summed E-state index contributed by atoms with van der Waals surface area (Å²) in [5, 5.41) is 0. The molecule has 8 heteroatoms. The SMILES string of the molecule is CCCS(=O)(=O)N(C)C(C)CS(=O)(=O)O. The average molecular weight is 259 g/mol. The maximum absolute atomic E-state index is 11.5. The van der Waals surface area contributed by atoms with Gasteiger partial charge in [0.2, 0.25) is 10.0 Å². The molecular formula is C7H17NO5S2. The van der Waals surface area contributed by atoms with E-state index < -0.39 is 31.9 Å². The molecule has 15 heavy (non-hydrogen) atoms. The largest absolute Gasteiger partial charge is 0.285 e. The third kappa shape index (κ3) is 5.45. The van der Waals surface area contributed by atoms with Gasteiger partial charge < -0.3 is 0 Å². The van der Waals surface area contributed by atoms with Gasteiger partial charge in [-0.1, -0.05) is 6.92 Å². The van der Waals surface area contributed by atoms with Crippen LogP contribution in [0.3, 0.4) is 0 Å². The highest BCUT2D eigenvalue weighted by Crippen LogP contribution is 2.07. The van der Waals surface area contributed by atoms with Crippen LogP contribution in [0, 0.1) is 0 Å². The first-order valence-electron chi connectivity index (χ1n) is 4.51. The second-order valence-electron chi connectivity index (χ2n) is 3.43. The molecule has 1 unspecified atom stereocenters. The second kappa shape index (κ2) is 5.24. The van der Waals surface area contributed by atoms with Crippen molar-refractivity contribution >= 4 is 20.1 Å². The van der Waals surface area contributed by atoms with Crippen molar-refractivity contribution in [2.45, 2.75) is 26.3 Å². The average Bonchev–Trinajstić information content (AvgIpc) is 1.99. The predicted molar refractivity (Wildman–Crippen MR) is 57.7 cm³/mol. The van der Waals surface area contributed by atoms with E-state index in [1.165, 1.54) is 14.0 Å². The number of hydrogen-bond acceptors (Lipinski definition) is 4. The Hall–Kier alpha value is -0.180. The van der Waals surface area contributed by atoms with Crippen molar-refractivity contribution in [3.63, 3.8) is 0 Å². The lowest BCUT2D eigenvalue weighted by atomic mass is 10.4. The van der Waals surface area contributed by atoms with Crippen LogP contribution in [0.4, 0.5) is 0 Å². The van der Waals surface area contributed by atoms with E-state index in [9.17, 15) is 16.8 Å². The van der Waals surface area contributed by atoms with Gasteiger partial charge in [-0.3, -0.25) is 4.55 Å². The minimum atomic E-state index is -4.15. The fourth-order valence-electron chi connectivity index (χ4n) is 1.09. The first kappa shape index (κ1) is 14.8. The lowest BCUT2D eigenvalue weighted by Gasteiger charge is -2.22. The summed E-state index contributed by atoms with van der Waals surface area (Å²) >= 11 is 0. The minimum Gasteiger partial charge on any atom is -0.285 e. The standard InChI is InChI=1S/C7H17NO5S2/c1-4-5-14(9,10)8(3)7(2)6-15(11,12)13/h7H,4-6H2,1-3H3,(H,11,12,13). The van der Waals surface area contributed by atoms with E-state index >= 15 is 0 Å². The molecule has 0 aliphatic carbocycles. The molecule has 0 amide bonds. The minimum absolute atomic E-state index is 0.0285. The molecular weight excluding hydrogens is 242 g/mol. The summed E-state index contributed by atoms with van der Waals surface area (Å²) in [5.41, 5.74) is 0. The number of nitrogens with zero attached hydrogens (tertiary/aromatic N) is 1. The fraction of sp³-hybridized carbons (Fsp3) is 1.00. The van der Waals surface area contributed by atoms with E-state index in [1.807, 2.05) is 0 Å². The van der Waals surface area contributed by atoms with Crippen molar-refractivity contribution in [1.82, 2.24) is 4.31 Å². The van der Waals surface area contributed by atoms with Crippen LogP contribution in [0.25, 0.3) is 0 Å². The van der Waals surface area contributed by atoms with E-state index in [-0.39, 0.29) is 5.75 Å². The summed E-state index contributed by atoms with van der Waals surface area (Å²) in [6, 6.07) is -0.767. The molecule has 0 aliphatic rings. The zero-order chi connectivity index (χ0) is 12.3. The maximum atomic E-state index is 11.5. The lowest BCUT2D eigenvalue weighted by Crippen LogP contribution is -2.40. The summed E-state index contributed by atoms with van der Waals surface area (Å²) in [7, 11) is -6.27. The number of rotatable bonds is 6. The summed E-state index contributed by atoms with van der Waals surface area (Å²) in [6.45, 7) is 3.15. The van der Waals surface area contributed by atoms with Crippen molar-refractivity contribution in [2.75, 3.05) is 18.6 Å². The van der Waals surface area contributed by atoms with Crippen LogP contribution >= 0.6 is 0 Å². The zero-order valence-corrected chi connectivity index (χ0v) is 10.7. The normalized spacial score (nSPS) is 15.5. The molecule has 0 fully saturated rings. The van der Waals surface area contributed by atoms with Gasteiger partial charge in [-0.05, 0) is 13.3 Å². The number of sulfonamides is 1. The highest BCUT2D eigenvalue weighted by atomic mass is 32.2. The maximum Gasteiger partial charge on any atom is 0.266 e. The molecule has 6 nitrogen and oxygen atoms in total. The molecule has 0 heterocycles. The molecule has 0 radical (unpaired) electrons. The Morgan fingerprint density at radius 3 is 2.07 bits per heavy atom. The summed E-state index contributed by atoms with van der Waals surface area (Å²) in [5.74, 6) is -0.619. The van der Waals surface area contributed by atoms with Crippen molar-refractivity contribution < 1.29 is 21.4 Å². The molecule has 92 valence electrons. The van der Waals surface area contributed by atoms with Gasteiger partial charge in [-0.2, -0.15) is 8.42 Å². The second-order valence-corrected chi connectivity index (χ2v) is 7.08. The van der Waals surface area contributed by atoms with Crippen LogP contribution < -0.4 is 0 Å².